The number of nitrogens with two attached hydrogens (primary N) is 1. The summed E-state index contributed by atoms with van der Waals surface area (Å²) in [7, 11) is -3.68. The SMILES string of the molecule is CC(C)NC(=O)N[C@@H](C)c1ccc(S(N)(=O)=O)cc1. The van der Waals surface area contributed by atoms with Crippen molar-refractivity contribution >= 4 is 16.1 Å². The van der Waals surface area contributed by atoms with Crippen molar-refractivity contribution in [3.05, 3.63) is 29.8 Å². The predicted molar refractivity (Wildman–Crippen MR) is 73.0 cm³/mol. The number of amides is 2. The van der Waals surface area contributed by atoms with E-state index in [1.165, 1.54) is 12.1 Å². The van der Waals surface area contributed by atoms with Crippen LogP contribution in [0.25, 0.3) is 0 Å². The van der Waals surface area contributed by atoms with Crippen LogP contribution in [0.1, 0.15) is 32.4 Å². The van der Waals surface area contributed by atoms with Crippen molar-refractivity contribution in [3.63, 3.8) is 0 Å². The first-order valence-electron chi connectivity index (χ1n) is 5.90. The van der Waals surface area contributed by atoms with Crippen molar-refractivity contribution in [2.24, 2.45) is 5.14 Å². The maximum absolute atomic E-state index is 11.5. The van der Waals surface area contributed by atoms with Gasteiger partial charge in [-0.25, -0.2) is 18.4 Å². The number of nitrogens with one attached hydrogen (secondary N) is 2. The van der Waals surface area contributed by atoms with Gasteiger partial charge in [0.1, 0.15) is 0 Å². The van der Waals surface area contributed by atoms with Crippen LogP contribution < -0.4 is 15.8 Å². The Morgan fingerprint density at radius 3 is 2.05 bits per heavy atom. The lowest BCUT2D eigenvalue weighted by molar-refractivity contribution is 0.235. The molecule has 0 aliphatic carbocycles. The molecule has 19 heavy (non-hydrogen) atoms. The van der Waals surface area contributed by atoms with Crippen LogP contribution in [-0.2, 0) is 10.0 Å². The minimum Gasteiger partial charge on any atom is -0.336 e. The summed E-state index contributed by atoms with van der Waals surface area (Å²) in [6.45, 7) is 5.54. The summed E-state index contributed by atoms with van der Waals surface area (Å²) in [4.78, 5) is 11.6. The van der Waals surface area contributed by atoms with Crippen molar-refractivity contribution in [2.45, 2.75) is 37.8 Å². The molecule has 4 N–H and O–H groups in total. The third-order valence-electron chi connectivity index (χ3n) is 2.48. The molecular formula is C12H19N3O3S. The third-order valence-corrected chi connectivity index (χ3v) is 3.41. The van der Waals surface area contributed by atoms with E-state index >= 15 is 0 Å². The second kappa shape index (κ2) is 6.03. The summed E-state index contributed by atoms with van der Waals surface area (Å²) in [5, 5.41) is 10.5. The van der Waals surface area contributed by atoms with Crippen LogP contribution in [-0.4, -0.2) is 20.5 Å². The monoisotopic (exact) mass is 285 g/mol. The van der Waals surface area contributed by atoms with Crippen LogP contribution in [0.15, 0.2) is 29.2 Å². The molecule has 0 radical (unpaired) electrons. The van der Waals surface area contributed by atoms with Crippen LogP contribution >= 0.6 is 0 Å². The van der Waals surface area contributed by atoms with Gasteiger partial charge in [0, 0.05) is 6.04 Å². The summed E-state index contributed by atoms with van der Waals surface area (Å²) in [5.74, 6) is 0. The Hall–Kier alpha value is -1.60. The molecular weight excluding hydrogens is 266 g/mol. The van der Waals surface area contributed by atoms with Crippen molar-refractivity contribution in [3.8, 4) is 0 Å². The van der Waals surface area contributed by atoms with E-state index in [4.69, 9.17) is 5.14 Å². The fraction of sp³-hybridized carbons (Fsp3) is 0.417. The highest BCUT2D eigenvalue weighted by Gasteiger charge is 2.12. The van der Waals surface area contributed by atoms with Crippen LogP contribution in [0.5, 0.6) is 0 Å². The van der Waals surface area contributed by atoms with Crippen molar-refractivity contribution in [1.82, 2.24) is 10.6 Å². The molecule has 0 aliphatic heterocycles. The van der Waals surface area contributed by atoms with E-state index in [0.717, 1.165) is 5.56 Å². The topological polar surface area (TPSA) is 101 Å². The summed E-state index contributed by atoms with van der Waals surface area (Å²) in [5.41, 5.74) is 0.798. The number of urea groups is 1. The zero-order valence-electron chi connectivity index (χ0n) is 11.2. The molecule has 2 amide bonds. The molecule has 0 unspecified atom stereocenters. The molecule has 1 rings (SSSR count). The molecule has 1 atom stereocenters. The minimum atomic E-state index is -3.68. The maximum atomic E-state index is 11.5. The number of carbonyl (C=O) groups excluding carboxylic acids is 1. The molecule has 0 spiro atoms. The van der Waals surface area contributed by atoms with Gasteiger partial charge in [-0.3, -0.25) is 0 Å². The Labute approximate surface area is 113 Å². The first-order chi connectivity index (χ1) is 8.70. The van der Waals surface area contributed by atoms with Crippen molar-refractivity contribution < 1.29 is 13.2 Å². The lowest BCUT2D eigenvalue weighted by Gasteiger charge is -2.16. The van der Waals surface area contributed by atoms with Crippen LogP contribution in [0.3, 0.4) is 0 Å². The largest absolute Gasteiger partial charge is 0.336 e. The first kappa shape index (κ1) is 15.5. The Morgan fingerprint density at radius 1 is 1.11 bits per heavy atom. The number of hydrogen-bond acceptors (Lipinski definition) is 3. The molecule has 0 saturated carbocycles. The molecule has 0 fully saturated rings. The number of carbonyl (C=O) groups is 1. The zero-order chi connectivity index (χ0) is 14.6. The van der Waals surface area contributed by atoms with Gasteiger partial charge < -0.3 is 10.6 Å². The summed E-state index contributed by atoms with van der Waals surface area (Å²) in [6, 6.07) is 5.65. The van der Waals surface area contributed by atoms with E-state index in [1.807, 2.05) is 20.8 Å². The van der Waals surface area contributed by atoms with Gasteiger partial charge in [-0.1, -0.05) is 12.1 Å². The summed E-state index contributed by atoms with van der Waals surface area (Å²) in [6.07, 6.45) is 0. The predicted octanol–water partition coefficient (Wildman–Crippen LogP) is 1.10. The average molecular weight is 285 g/mol. The van der Waals surface area contributed by atoms with E-state index in [9.17, 15) is 13.2 Å². The van der Waals surface area contributed by atoms with E-state index in [2.05, 4.69) is 10.6 Å². The lowest BCUT2D eigenvalue weighted by atomic mass is 10.1. The number of hydrogen-bond donors (Lipinski definition) is 3. The number of benzene rings is 1. The smallest absolute Gasteiger partial charge is 0.315 e. The summed E-state index contributed by atoms with van der Waals surface area (Å²) < 4.78 is 22.2. The normalized spacial score (nSPS) is 13.1. The molecule has 0 aliphatic rings. The van der Waals surface area contributed by atoms with Crippen LogP contribution in [0.4, 0.5) is 4.79 Å². The molecule has 0 saturated heterocycles. The van der Waals surface area contributed by atoms with Gasteiger partial charge in [0.05, 0.1) is 10.9 Å². The molecule has 0 heterocycles. The van der Waals surface area contributed by atoms with Gasteiger partial charge in [0.25, 0.3) is 0 Å². The van der Waals surface area contributed by atoms with Crippen molar-refractivity contribution in [1.29, 1.82) is 0 Å². The quantitative estimate of drug-likeness (QED) is 0.772. The number of primary sulfonamides is 1. The van der Waals surface area contributed by atoms with Gasteiger partial charge in [0.2, 0.25) is 10.0 Å². The third kappa shape index (κ3) is 4.88. The molecule has 1 aromatic rings. The van der Waals surface area contributed by atoms with Crippen molar-refractivity contribution in [2.75, 3.05) is 0 Å². The van der Waals surface area contributed by atoms with E-state index < -0.39 is 10.0 Å². The highest BCUT2D eigenvalue weighted by Crippen LogP contribution is 2.15. The fourth-order valence-electron chi connectivity index (χ4n) is 1.53. The molecule has 6 nitrogen and oxygen atoms in total. The van der Waals surface area contributed by atoms with Gasteiger partial charge in [-0.15, -0.1) is 0 Å². The Bertz CT molecular complexity index is 538. The highest BCUT2D eigenvalue weighted by atomic mass is 32.2. The molecule has 0 bridgehead atoms. The second-order valence-corrected chi connectivity index (χ2v) is 6.17. The molecule has 0 aromatic heterocycles. The Morgan fingerprint density at radius 2 is 1.63 bits per heavy atom. The zero-order valence-corrected chi connectivity index (χ0v) is 12.0. The number of sulfonamides is 1. The summed E-state index contributed by atoms with van der Waals surface area (Å²) >= 11 is 0. The molecule has 7 heteroatoms. The molecule has 106 valence electrons. The molecule has 1 aromatic carbocycles. The second-order valence-electron chi connectivity index (χ2n) is 4.61. The fourth-order valence-corrected chi connectivity index (χ4v) is 2.05. The Balaban J connectivity index is 2.73. The van der Waals surface area contributed by atoms with Gasteiger partial charge in [-0.2, -0.15) is 0 Å². The van der Waals surface area contributed by atoms with Gasteiger partial charge >= 0.3 is 6.03 Å². The van der Waals surface area contributed by atoms with Gasteiger partial charge in [0.15, 0.2) is 0 Å². The average Bonchev–Trinajstić information content (AvgIpc) is 2.26. The maximum Gasteiger partial charge on any atom is 0.315 e. The Kier molecular flexibility index (Phi) is 4.90. The standard InChI is InChI=1S/C12H19N3O3S/c1-8(2)14-12(16)15-9(3)10-4-6-11(7-5-10)19(13,17)18/h4-9H,1-3H3,(H2,13,17,18)(H2,14,15,16)/t9-/m0/s1. The van der Waals surface area contributed by atoms with E-state index in [-0.39, 0.29) is 23.0 Å². The minimum absolute atomic E-state index is 0.0510. The van der Waals surface area contributed by atoms with Gasteiger partial charge in [-0.05, 0) is 38.5 Å². The lowest BCUT2D eigenvalue weighted by Crippen LogP contribution is -2.40. The first-order valence-corrected chi connectivity index (χ1v) is 7.44. The van der Waals surface area contributed by atoms with E-state index in [0.29, 0.717) is 0 Å². The van der Waals surface area contributed by atoms with E-state index in [1.54, 1.807) is 12.1 Å². The number of rotatable bonds is 4. The van der Waals surface area contributed by atoms with Crippen LogP contribution in [0.2, 0.25) is 0 Å². The van der Waals surface area contributed by atoms with Crippen LogP contribution in [0, 0.1) is 0 Å². The highest BCUT2D eigenvalue weighted by molar-refractivity contribution is 7.89.